The zero-order valence-electron chi connectivity index (χ0n) is 12.1. The zero-order valence-corrected chi connectivity index (χ0v) is 14.3. The first-order valence-electron chi connectivity index (χ1n) is 6.90. The Morgan fingerprint density at radius 1 is 1.24 bits per heavy atom. The molecule has 0 aromatic heterocycles. The lowest BCUT2D eigenvalue weighted by molar-refractivity contribution is -0.122. The van der Waals surface area contributed by atoms with Crippen LogP contribution in [0.15, 0.2) is 48.5 Å². The first-order chi connectivity index (χ1) is 10.1. The molecule has 2 aromatic rings. The molecule has 21 heavy (non-hydrogen) atoms. The van der Waals surface area contributed by atoms with Crippen LogP contribution in [-0.4, -0.2) is 12.0 Å². The van der Waals surface area contributed by atoms with Gasteiger partial charge in [0.1, 0.15) is 5.75 Å². The van der Waals surface area contributed by atoms with E-state index in [4.69, 9.17) is 4.74 Å². The summed E-state index contributed by atoms with van der Waals surface area (Å²) in [4.78, 5) is 12.1. The van der Waals surface area contributed by atoms with Gasteiger partial charge in [-0.25, -0.2) is 0 Å². The Balaban J connectivity index is 1.97. The zero-order chi connectivity index (χ0) is 15.2. The molecule has 0 heterocycles. The van der Waals surface area contributed by atoms with E-state index < -0.39 is 6.10 Å². The number of carbonyl (C=O) groups excluding carboxylic acids is 1. The number of nitrogens with one attached hydrogen (secondary N) is 1. The average molecular weight is 395 g/mol. The first kappa shape index (κ1) is 15.8. The molecule has 0 aliphatic rings. The van der Waals surface area contributed by atoms with E-state index in [9.17, 15) is 4.79 Å². The van der Waals surface area contributed by atoms with Crippen molar-refractivity contribution in [2.24, 2.45) is 0 Å². The second-order valence-electron chi connectivity index (χ2n) is 4.76. The molecule has 0 radical (unpaired) electrons. The Hall–Kier alpha value is -1.56. The van der Waals surface area contributed by atoms with Crippen LogP contribution in [-0.2, 0) is 11.2 Å². The lowest BCUT2D eigenvalue weighted by Crippen LogP contribution is -2.30. The summed E-state index contributed by atoms with van der Waals surface area (Å²) in [6.45, 7) is 3.84. The van der Waals surface area contributed by atoms with Crippen LogP contribution in [0, 0.1) is 3.57 Å². The summed E-state index contributed by atoms with van der Waals surface area (Å²) in [5.41, 5.74) is 1.97. The summed E-state index contributed by atoms with van der Waals surface area (Å²) < 4.78 is 6.83. The molecule has 2 aromatic carbocycles. The summed E-state index contributed by atoms with van der Waals surface area (Å²) in [5.74, 6) is 0.567. The number of hydrogen-bond donors (Lipinski definition) is 1. The number of rotatable bonds is 5. The molecule has 3 nitrogen and oxygen atoms in total. The molecule has 0 spiro atoms. The minimum atomic E-state index is -0.545. The normalized spacial score (nSPS) is 11.8. The van der Waals surface area contributed by atoms with E-state index in [-0.39, 0.29) is 5.91 Å². The number of anilines is 1. The van der Waals surface area contributed by atoms with Crippen molar-refractivity contribution in [3.05, 3.63) is 57.7 Å². The number of hydrogen-bond acceptors (Lipinski definition) is 2. The van der Waals surface area contributed by atoms with Gasteiger partial charge in [-0.15, -0.1) is 0 Å². The Morgan fingerprint density at radius 3 is 2.62 bits per heavy atom. The van der Waals surface area contributed by atoms with E-state index in [1.807, 2.05) is 48.5 Å². The number of ether oxygens (including phenoxy) is 1. The van der Waals surface area contributed by atoms with E-state index in [0.29, 0.717) is 0 Å². The Bertz CT molecular complexity index is 610. The van der Waals surface area contributed by atoms with Crippen LogP contribution in [0.1, 0.15) is 19.4 Å². The number of carbonyl (C=O) groups is 1. The van der Waals surface area contributed by atoms with Crippen molar-refractivity contribution < 1.29 is 9.53 Å². The summed E-state index contributed by atoms with van der Waals surface area (Å²) in [6, 6.07) is 15.5. The predicted octanol–water partition coefficient (Wildman–Crippen LogP) is 4.26. The molecule has 0 fully saturated rings. The highest BCUT2D eigenvalue weighted by molar-refractivity contribution is 14.1. The van der Waals surface area contributed by atoms with Crippen molar-refractivity contribution in [1.29, 1.82) is 0 Å². The molecule has 4 heteroatoms. The van der Waals surface area contributed by atoms with E-state index in [1.165, 1.54) is 5.56 Å². The third-order valence-electron chi connectivity index (χ3n) is 3.10. The molecule has 1 unspecified atom stereocenters. The molecule has 1 amide bonds. The fraction of sp³-hybridized carbons (Fsp3) is 0.235. The molecule has 0 aliphatic heterocycles. The van der Waals surface area contributed by atoms with Crippen LogP contribution in [0.4, 0.5) is 5.69 Å². The van der Waals surface area contributed by atoms with Gasteiger partial charge in [-0.3, -0.25) is 4.79 Å². The monoisotopic (exact) mass is 395 g/mol. The Labute approximate surface area is 138 Å². The van der Waals surface area contributed by atoms with Crippen molar-refractivity contribution in [3.8, 4) is 5.75 Å². The molecule has 0 saturated heterocycles. The molecule has 0 saturated carbocycles. The highest BCUT2D eigenvalue weighted by Gasteiger charge is 2.14. The quantitative estimate of drug-likeness (QED) is 0.769. The highest BCUT2D eigenvalue weighted by atomic mass is 127. The SMILES string of the molecule is CCc1cccc(OC(C)C(=O)Nc2ccc(I)cc2)c1. The number of benzene rings is 2. The van der Waals surface area contributed by atoms with E-state index in [0.717, 1.165) is 21.4 Å². The predicted molar refractivity (Wildman–Crippen MR) is 93.7 cm³/mol. The van der Waals surface area contributed by atoms with Gasteiger partial charge >= 0.3 is 0 Å². The number of halogens is 1. The third-order valence-corrected chi connectivity index (χ3v) is 3.82. The maximum atomic E-state index is 12.1. The van der Waals surface area contributed by atoms with Crippen molar-refractivity contribution in [2.45, 2.75) is 26.4 Å². The maximum absolute atomic E-state index is 12.1. The highest BCUT2D eigenvalue weighted by Crippen LogP contribution is 2.16. The summed E-state index contributed by atoms with van der Waals surface area (Å²) >= 11 is 2.23. The molecular weight excluding hydrogens is 377 g/mol. The van der Waals surface area contributed by atoms with Crippen LogP contribution in [0.5, 0.6) is 5.75 Å². The van der Waals surface area contributed by atoms with Gasteiger partial charge in [-0.2, -0.15) is 0 Å². The molecule has 0 aliphatic carbocycles. The Morgan fingerprint density at radius 2 is 1.95 bits per heavy atom. The molecule has 0 bridgehead atoms. The van der Waals surface area contributed by atoms with Gasteiger partial charge in [0, 0.05) is 9.26 Å². The van der Waals surface area contributed by atoms with Crippen LogP contribution in [0.3, 0.4) is 0 Å². The minimum Gasteiger partial charge on any atom is -0.481 e. The third kappa shape index (κ3) is 4.74. The summed E-state index contributed by atoms with van der Waals surface area (Å²) in [7, 11) is 0. The van der Waals surface area contributed by atoms with Gasteiger partial charge in [0.05, 0.1) is 0 Å². The van der Waals surface area contributed by atoms with Gasteiger partial charge in [0.15, 0.2) is 6.10 Å². The largest absolute Gasteiger partial charge is 0.481 e. The summed E-state index contributed by atoms with van der Waals surface area (Å²) in [6.07, 6.45) is 0.400. The molecule has 110 valence electrons. The topological polar surface area (TPSA) is 38.3 Å². The van der Waals surface area contributed by atoms with Crippen molar-refractivity contribution in [3.63, 3.8) is 0 Å². The fourth-order valence-corrected chi connectivity index (χ4v) is 2.23. The van der Waals surface area contributed by atoms with Gasteiger partial charge < -0.3 is 10.1 Å². The minimum absolute atomic E-state index is 0.155. The number of aryl methyl sites for hydroxylation is 1. The van der Waals surface area contributed by atoms with E-state index >= 15 is 0 Å². The van der Waals surface area contributed by atoms with E-state index in [2.05, 4.69) is 34.8 Å². The van der Waals surface area contributed by atoms with Gasteiger partial charge in [0.2, 0.25) is 0 Å². The van der Waals surface area contributed by atoms with Gasteiger partial charge in [0.25, 0.3) is 5.91 Å². The maximum Gasteiger partial charge on any atom is 0.265 e. The van der Waals surface area contributed by atoms with Crippen LogP contribution in [0.2, 0.25) is 0 Å². The van der Waals surface area contributed by atoms with Crippen LogP contribution in [0.25, 0.3) is 0 Å². The molecule has 2 rings (SSSR count). The second kappa shape index (κ2) is 7.45. The van der Waals surface area contributed by atoms with Crippen LogP contribution >= 0.6 is 22.6 Å². The van der Waals surface area contributed by atoms with Gasteiger partial charge in [-0.05, 0) is 77.9 Å². The molecule has 1 N–H and O–H groups in total. The first-order valence-corrected chi connectivity index (χ1v) is 7.98. The lowest BCUT2D eigenvalue weighted by atomic mass is 10.2. The van der Waals surface area contributed by atoms with E-state index in [1.54, 1.807) is 6.92 Å². The molecular formula is C17H18INO2. The van der Waals surface area contributed by atoms with Crippen molar-refractivity contribution in [2.75, 3.05) is 5.32 Å². The van der Waals surface area contributed by atoms with Crippen LogP contribution < -0.4 is 10.1 Å². The average Bonchev–Trinajstić information content (AvgIpc) is 2.49. The standard InChI is InChI=1S/C17H18INO2/c1-3-13-5-4-6-16(11-13)21-12(2)17(20)19-15-9-7-14(18)8-10-15/h4-12H,3H2,1-2H3,(H,19,20). The fourth-order valence-electron chi connectivity index (χ4n) is 1.87. The van der Waals surface area contributed by atoms with Gasteiger partial charge in [-0.1, -0.05) is 19.1 Å². The smallest absolute Gasteiger partial charge is 0.265 e. The molecule has 1 atom stereocenters. The number of amides is 1. The lowest BCUT2D eigenvalue weighted by Gasteiger charge is -2.15. The Kier molecular flexibility index (Phi) is 5.61. The van der Waals surface area contributed by atoms with Crippen molar-refractivity contribution >= 4 is 34.2 Å². The van der Waals surface area contributed by atoms with Crippen molar-refractivity contribution in [1.82, 2.24) is 0 Å². The summed E-state index contributed by atoms with van der Waals surface area (Å²) in [5, 5.41) is 2.85. The second-order valence-corrected chi connectivity index (χ2v) is 6.00.